The summed E-state index contributed by atoms with van der Waals surface area (Å²) in [7, 11) is 0. The summed E-state index contributed by atoms with van der Waals surface area (Å²) in [5.41, 5.74) is 0. The smallest absolute Gasteiger partial charge is 0.00772 e. The molecule has 0 bridgehead atoms. The molecule has 0 aromatic rings. The molecule has 4 nitrogen and oxygen atoms in total. The molecule has 1 heterocycles. The van der Waals surface area contributed by atoms with Crippen molar-refractivity contribution in [3.05, 3.63) is 0 Å². The molecule has 0 aromatic heterocycles. The Hall–Kier alpha value is -0.160. The van der Waals surface area contributed by atoms with Gasteiger partial charge in [0.05, 0.1) is 0 Å². The van der Waals surface area contributed by atoms with Gasteiger partial charge < -0.3 is 10.6 Å². The zero-order chi connectivity index (χ0) is 6.24. The average Bonchev–Trinajstić information content (AvgIpc) is 1.96. The lowest BCUT2D eigenvalue weighted by Crippen LogP contribution is -2.39. The molecule has 0 spiro atoms. The lowest BCUT2D eigenvalue weighted by atomic mass is 10.4. The van der Waals surface area contributed by atoms with E-state index in [1.165, 1.54) is 0 Å². The quantitative estimate of drug-likeness (QED) is 0.219. The Morgan fingerprint density at radius 2 is 1.00 bits per heavy atom. The number of hydrazine groups is 1. The molecule has 0 aliphatic carbocycles. The van der Waals surface area contributed by atoms with E-state index in [1.54, 1.807) is 0 Å². The molecule has 0 radical (unpaired) electrons. The van der Waals surface area contributed by atoms with Gasteiger partial charge in [-0.15, -0.1) is 0 Å². The third-order valence-electron chi connectivity index (χ3n) is 0.957. The van der Waals surface area contributed by atoms with Crippen LogP contribution in [-0.4, -0.2) is 26.2 Å². The van der Waals surface area contributed by atoms with Crippen LogP contribution in [0.15, 0.2) is 0 Å². The van der Waals surface area contributed by atoms with Crippen LogP contribution in [0.4, 0.5) is 0 Å². The highest BCUT2D eigenvalue weighted by Crippen LogP contribution is 1.65. The monoisotopic (exact) mass is 118 g/mol. The molecule has 0 unspecified atom stereocenters. The van der Waals surface area contributed by atoms with E-state index < -0.39 is 0 Å². The number of piperazine rings is 1. The molecule has 50 valence electrons. The summed E-state index contributed by atoms with van der Waals surface area (Å²) in [5, 5.41) is 6.44. The Morgan fingerprint density at radius 3 is 1.12 bits per heavy atom. The van der Waals surface area contributed by atoms with Crippen molar-refractivity contribution in [1.82, 2.24) is 10.6 Å². The van der Waals surface area contributed by atoms with Gasteiger partial charge in [0.2, 0.25) is 0 Å². The minimum absolute atomic E-state index is 1.14. The molecule has 0 aromatic carbocycles. The zero-order valence-electron chi connectivity index (χ0n) is 4.98. The molecule has 1 saturated heterocycles. The first-order chi connectivity index (χ1) is 4.00. The van der Waals surface area contributed by atoms with E-state index in [0.29, 0.717) is 0 Å². The maximum atomic E-state index is 4.00. The van der Waals surface area contributed by atoms with Gasteiger partial charge in [-0.2, -0.15) is 0 Å². The normalized spacial score (nSPS) is 18.8. The molecule has 0 amide bonds. The third kappa shape index (κ3) is 4.01. The summed E-state index contributed by atoms with van der Waals surface area (Å²) >= 11 is 0. The summed E-state index contributed by atoms with van der Waals surface area (Å²) in [6.45, 7) is 4.56. The number of nitrogens with two attached hydrogens (primary N) is 2. The second-order valence-corrected chi connectivity index (χ2v) is 1.50. The first-order valence-electron chi connectivity index (χ1n) is 2.75. The molecule has 1 aliphatic rings. The molecular weight excluding hydrogens is 104 g/mol. The lowest BCUT2D eigenvalue weighted by molar-refractivity contribution is 0.534. The van der Waals surface area contributed by atoms with Crippen molar-refractivity contribution in [2.24, 2.45) is 11.7 Å². The summed E-state index contributed by atoms with van der Waals surface area (Å²) < 4.78 is 0. The largest absolute Gasteiger partial charge is 0.314 e. The second-order valence-electron chi connectivity index (χ2n) is 1.50. The van der Waals surface area contributed by atoms with Crippen molar-refractivity contribution in [1.29, 1.82) is 0 Å². The average molecular weight is 118 g/mol. The topological polar surface area (TPSA) is 76.1 Å². The van der Waals surface area contributed by atoms with Crippen LogP contribution < -0.4 is 22.3 Å². The van der Waals surface area contributed by atoms with Crippen molar-refractivity contribution < 1.29 is 0 Å². The van der Waals surface area contributed by atoms with E-state index in [1.807, 2.05) is 0 Å². The lowest BCUT2D eigenvalue weighted by Gasteiger charge is -2.11. The third-order valence-corrected chi connectivity index (χ3v) is 0.957. The SMILES string of the molecule is C1CNCCN1.NN. The van der Waals surface area contributed by atoms with Crippen molar-refractivity contribution in [2.75, 3.05) is 26.2 Å². The van der Waals surface area contributed by atoms with Gasteiger partial charge in [0.15, 0.2) is 0 Å². The van der Waals surface area contributed by atoms with E-state index in [9.17, 15) is 0 Å². The van der Waals surface area contributed by atoms with Gasteiger partial charge in [-0.3, -0.25) is 11.7 Å². The van der Waals surface area contributed by atoms with Crippen LogP contribution in [0.5, 0.6) is 0 Å². The van der Waals surface area contributed by atoms with E-state index in [2.05, 4.69) is 22.3 Å². The predicted molar refractivity (Wildman–Crippen MR) is 34.1 cm³/mol. The summed E-state index contributed by atoms with van der Waals surface area (Å²) in [6, 6.07) is 0. The van der Waals surface area contributed by atoms with Crippen LogP contribution in [0, 0.1) is 0 Å². The number of hydrogen-bond acceptors (Lipinski definition) is 4. The molecule has 1 aliphatic heterocycles. The van der Waals surface area contributed by atoms with Crippen molar-refractivity contribution in [2.45, 2.75) is 0 Å². The summed E-state index contributed by atoms with van der Waals surface area (Å²) in [4.78, 5) is 0. The van der Waals surface area contributed by atoms with E-state index >= 15 is 0 Å². The van der Waals surface area contributed by atoms with Crippen LogP contribution in [0.1, 0.15) is 0 Å². The molecule has 4 heteroatoms. The Bertz CT molecular complexity index is 23.5. The minimum atomic E-state index is 1.14. The standard InChI is InChI=1S/C4H10N2.H4N2/c1-2-6-4-3-5-1;1-2/h5-6H,1-4H2;1-2H2. The zero-order valence-corrected chi connectivity index (χ0v) is 4.98. The minimum Gasteiger partial charge on any atom is -0.314 e. The Labute approximate surface area is 49.6 Å². The molecule has 0 saturated carbocycles. The second kappa shape index (κ2) is 6.84. The maximum absolute atomic E-state index is 4.00. The molecule has 6 N–H and O–H groups in total. The van der Waals surface area contributed by atoms with E-state index in [-0.39, 0.29) is 0 Å². The van der Waals surface area contributed by atoms with Gasteiger partial charge in [0.25, 0.3) is 0 Å². The number of rotatable bonds is 0. The molecule has 0 atom stereocenters. The highest BCUT2D eigenvalue weighted by molar-refractivity contribution is 4.59. The van der Waals surface area contributed by atoms with Crippen LogP contribution in [-0.2, 0) is 0 Å². The molecular formula is C4H14N4. The number of nitrogens with one attached hydrogen (secondary N) is 2. The predicted octanol–water partition coefficient (Wildman–Crippen LogP) is -2.00. The fourth-order valence-electron chi connectivity index (χ4n) is 0.604. The van der Waals surface area contributed by atoms with Gasteiger partial charge in [0, 0.05) is 26.2 Å². The van der Waals surface area contributed by atoms with Gasteiger partial charge in [-0.05, 0) is 0 Å². The maximum Gasteiger partial charge on any atom is 0.00772 e. The number of hydrogen-bond donors (Lipinski definition) is 4. The molecule has 8 heavy (non-hydrogen) atoms. The molecule has 1 rings (SSSR count). The van der Waals surface area contributed by atoms with Gasteiger partial charge in [-0.25, -0.2) is 0 Å². The first-order valence-corrected chi connectivity index (χ1v) is 2.75. The Morgan fingerprint density at radius 1 is 0.750 bits per heavy atom. The molecule has 1 fully saturated rings. The van der Waals surface area contributed by atoms with Crippen LogP contribution >= 0.6 is 0 Å². The van der Waals surface area contributed by atoms with Gasteiger partial charge in [0.1, 0.15) is 0 Å². The summed E-state index contributed by atoms with van der Waals surface area (Å²) in [5.74, 6) is 8.00. The van der Waals surface area contributed by atoms with E-state index in [0.717, 1.165) is 26.2 Å². The van der Waals surface area contributed by atoms with Crippen molar-refractivity contribution in [3.63, 3.8) is 0 Å². The van der Waals surface area contributed by atoms with Crippen LogP contribution in [0.25, 0.3) is 0 Å². The Balaban J connectivity index is 0.000000222. The van der Waals surface area contributed by atoms with Crippen molar-refractivity contribution in [3.8, 4) is 0 Å². The van der Waals surface area contributed by atoms with Gasteiger partial charge in [-0.1, -0.05) is 0 Å². The highest BCUT2D eigenvalue weighted by atomic mass is 15.0. The van der Waals surface area contributed by atoms with Gasteiger partial charge >= 0.3 is 0 Å². The highest BCUT2D eigenvalue weighted by Gasteiger charge is 1.91. The Kier molecular flexibility index (Phi) is 6.70. The fraction of sp³-hybridized carbons (Fsp3) is 1.00. The fourth-order valence-corrected chi connectivity index (χ4v) is 0.604. The van der Waals surface area contributed by atoms with Crippen LogP contribution in [0.3, 0.4) is 0 Å². The first kappa shape index (κ1) is 7.84. The summed E-state index contributed by atoms with van der Waals surface area (Å²) in [6.07, 6.45) is 0. The van der Waals surface area contributed by atoms with Crippen molar-refractivity contribution >= 4 is 0 Å². The van der Waals surface area contributed by atoms with Crippen LogP contribution in [0.2, 0.25) is 0 Å². The van der Waals surface area contributed by atoms with E-state index in [4.69, 9.17) is 0 Å².